The molecule has 4 rings (SSSR count). The number of rotatable bonds is 5. The van der Waals surface area contributed by atoms with Crippen LogP contribution in [0.4, 0.5) is 5.69 Å². The van der Waals surface area contributed by atoms with Crippen molar-refractivity contribution in [1.29, 1.82) is 0 Å². The summed E-state index contributed by atoms with van der Waals surface area (Å²) >= 11 is 8.10. The smallest absolute Gasteiger partial charge is 0.175 e. The third-order valence-electron chi connectivity index (χ3n) is 5.77. The summed E-state index contributed by atoms with van der Waals surface area (Å²) in [5.41, 5.74) is 6.35. The molecule has 0 bridgehead atoms. The largest absolute Gasteiger partial charge is 0.388 e. The maximum Gasteiger partial charge on any atom is 0.175 e. The highest BCUT2D eigenvalue weighted by atomic mass is 35.5. The minimum absolute atomic E-state index is 0.116. The molecule has 32 heavy (non-hydrogen) atoms. The number of hydrazine groups is 1. The molecule has 2 atom stereocenters. The van der Waals surface area contributed by atoms with Gasteiger partial charge in [0.25, 0.3) is 0 Å². The SMILES string of the molecule is Cc1c(Cl)cccc1N1NC(C(C)(C)O)C=C1C1CC=C(c2cccc(S(C)(=O)=O)c2)S1. The van der Waals surface area contributed by atoms with Crippen molar-refractivity contribution in [1.82, 2.24) is 5.43 Å². The van der Waals surface area contributed by atoms with E-state index < -0.39 is 15.4 Å². The Hall–Kier alpha value is -1.77. The first-order valence-electron chi connectivity index (χ1n) is 10.4. The number of nitrogens with zero attached hydrogens (tertiary/aromatic N) is 1. The molecule has 5 nitrogen and oxygen atoms in total. The van der Waals surface area contributed by atoms with E-state index in [1.165, 1.54) is 6.26 Å². The fourth-order valence-corrected chi connectivity index (χ4v) is 5.96. The van der Waals surface area contributed by atoms with Crippen LogP contribution in [0.15, 0.2) is 65.2 Å². The van der Waals surface area contributed by atoms with Crippen molar-refractivity contribution in [2.75, 3.05) is 11.3 Å². The molecule has 0 saturated heterocycles. The second-order valence-corrected chi connectivity index (χ2v) is 12.4. The van der Waals surface area contributed by atoms with Gasteiger partial charge in [0.2, 0.25) is 0 Å². The van der Waals surface area contributed by atoms with Crippen molar-refractivity contribution in [2.45, 2.75) is 49.0 Å². The molecule has 170 valence electrons. The van der Waals surface area contributed by atoms with Gasteiger partial charge in [-0.2, -0.15) is 0 Å². The van der Waals surface area contributed by atoms with Gasteiger partial charge in [-0.3, -0.25) is 5.01 Å². The van der Waals surface area contributed by atoms with Crippen LogP contribution in [0, 0.1) is 6.92 Å². The second kappa shape index (κ2) is 8.54. The fraction of sp³-hybridized carbons (Fsp3) is 0.333. The standard InChI is InChI=1S/C24H27ClN2O3S2/c1-15-18(25)9-6-10-19(15)27-20(14-23(26-27)24(2,3)28)22-12-11-21(31-22)16-7-5-8-17(13-16)32(4,29)30/h5-11,13-14,22-23,26,28H,12H2,1-4H3. The number of aliphatic hydroxyl groups is 1. The van der Waals surface area contributed by atoms with Gasteiger partial charge < -0.3 is 5.11 Å². The number of hydrogen-bond donors (Lipinski definition) is 2. The summed E-state index contributed by atoms with van der Waals surface area (Å²) in [7, 11) is -3.27. The first-order chi connectivity index (χ1) is 14.9. The molecule has 2 unspecified atom stereocenters. The highest BCUT2D eigenvalue weighted by Gasteiger charge is 2.38. The van der Waals surface area contributed by atoms with Crippen LogP contribution in [0.3, 0.4) is 0 Å². The Labute approximate surface area is 199 Å². The summed E-state index contributed by atoms with van der Waals surface area (Å²) in [6.45, 7) is 5.56. The van der Waals surface area contributed by atoms with Crippen LogP contribution in [0.5, 0.6) is 0 Å². The Bertz CT molecular complexity index is 1220. The number of sulfone groups is 1. The van der Waals surface area contributed by atoms with Crippen LogP contribution < -0.4 is 10.4 Å². The molecule has 0 spiro atoms. The molecule has 0 radical (unpaired) electrons. The molecular weight excluding hydrogens is 464 g/mol. The number of halogens is 1. The topological polar surface area (TPSA) is 69.6 Å². The Kier molecular flexibility index (Phi) is 6.24. The van der Waals surface area contributed by atoms with Crippen molar-refractivity contribution in [3.05, 3.63) is 76.5 Å². The lowest BCUT2D eigenvalue weighted by molar-refractivity contribution is 0.0573. The van der Waals surface area contributed by atoms with Crippen LogP contribution in [0.1, 0.15) is 31.4 Å². The van der Waals surface area contributed by atoms with E-state index in [1.54, 1.807) is 43.8 Å². The maximum atomic E-state index is 12.0. The normalized spacial score (nSPS) is 21.6. The highest BCUT2D eigenvalue weighted by molar-refractivity contribution is 8.09. The fourth-order valence-electron chi connectivity index (χ4n) is 3.87. The van der Waals surface area contributed by atoms with Gasteiger partial charge in [-0.15, -0.1) is 11.8 Å². The van der Waals surface area contributed by atoms with Crippen molar-refractivity contribution < 1.29 is 13.5 Å². The first kappa shape index (κ1) is 23.4. The van der Waals surface area contributed by atoms with Gasteiger partial charge >= 0.3 is 0 Å². The minimum atomic E-state index is -3.27. The quantitative estimate of drug-likeness (QED) is 0.618. The molecule has 2 aromatic rings. The van der Waals surface area contributed by atoms with Gasteiger partial charge in [-0.25, -0.2) is 13.8 Å². The summed E-state index contributed by atoms with van der Waals surface area (Å²) in [4.78, 5) is 1.37. The van der Waals surface area contributed by atoms with E-state index in [4.69, 9.17) is 11.6 Å². The Balaban J connectivity index is 1.65. The predicted molar refractivity (Wildman–Crippen MR) is 133 cm³/mol. The van der Waals surface area contributed by atoms with E-state index in [1.807, 2.05) is 36.2 Å². The zero-order valence-electron chi connectivity index (χ0n) is 18.5. The average molecular weight is 491 g/mol. The lowest BCUT2D eigenvalue weighted by Gasteiger charge is -2.31. The summed E-state index contributed by atoms with van der Waals surface area (Å²) in [6, 6.07) is 12.6. The number of hydrogen-bond acceptors (Lipinski definition) is 6. The zero-order valence-corrected chi connectivity index (χ0v) is 20.9. The number of benzene rings is 2. The molecule has 0 fully saturated rings. The number of nitrogens with one attached hydrogen (secondary N) is 1. The molecule has 2 aromatic carbocycles. The lowest BCUT2D eigenvalue weighted by Crippen LogP contribution is -2.48. The molecule has 2 heterocycles. The second-order valence-electron chi connectivity index (χ2n) is 8.78. The molecule has 0 amide bonds. The van der Waals surface area contributed by atoms with Crippen molar-refractivity contribution >= 4 is 43.8 Å². The zero-order chi connectivity index (χ0) is 23.3. The van der Waals surface area contributed by atoms with Gasteiger partial charge in [0.1, 0.15) is 0 Å². The molecule has 0 aromatic heterocycles. The van der Waals surface area contributed by atoms with Crippen LogP contribution in [0.25, 0.3) is 4.91 Å². The van der Waals surface area contributed by atoms with Gasteiger partial charge in [-0.05, 0) is 68.7 Å². The Morgan fingerprint density at radius 3 is 2.62 bits per heavy atom. The molecule has 0 aliphatic carbocycles. The van der Waals surface area contributed by atoms with Gasteiger partial charge in [0.15, 0.2) is 9.84 Å². The average Bonchev–Trinajstić information content (AvgIpc) is 3.36. The van der Waals surface area contributed by atoms with Crippen molar-refractivity contribution in [3.63, 3.8) is 0 Å². The van der Waals surface area contributed by atoms with Crippen molar-refractivity contribution in [3.8, 4) is 0 Å². The molecule has 2 N–H and O–H groups in total. The molecule has 8 heteroatoms. The maximum absolute atomic E-state index is 12.0. The molecule has 2 aliphatic rings. The predicted octanol–water partition coefficient (Wildman–Crippen LogP) is 4.95. The summed E-state index contributed by atoms with van der Waals surface area (Å²) < 4.78 is 24.0. The summed E-state index contributed by atoms with van der Waals surface area (Å²) in [5, 5.41) is 13.5. The van der Waals surface area contributed by atoms with E-state index in [-0.39, 0.29) is 11.3 Å². The highest BCUT2D eigenvalue weighted by Crippen LogP contribution is 2.46. The minimum Gasteiger partial charge on any atom is -0.388 e. The lowest BCUT2D eigenvalue weighted by atomic mass is 9.99. The van der Waals surface area contributed by atoms with Gasteiger partial charge in [0, 0.05) is 21.9 Å². The van der Waals surface area contributed by atoms with Crippen LogP contribution >= 0.6 is 23.4 Å². The number of anilines is 1. The molecule has 0 saturated carbocycles. The third-order valence-corrected chi connectivity index (χ3v) is 8.66. The monoisotopic (exact) mass is 490 g/mol. The van der Waals surface area contributed by atoms with Crippen LogP contribution in [-0.4, -0.2) is 36.7 Å². The van der Waals surface area contributed by atoms with Crippen molar-refractivity contribution in [2.24, 2.45) is 0 Å². The summed E-state index contributed by atoms with van der Waals surface area (Å²) in [5.74, 6) is 0. The van der Waals surface area contributed by atoms with Gasteiger partial charge in [0.05, 0.1) is 27.5 Å². The van der Waals surface area contributed by atoms with E-state index in [0.29, 0.717) is 9.92 Å². The van der Waals surface area contributed by atoms with Crippen LogP contribution in [0.2, 0.25) is 5.02 Å². The Morgan fingerprint density at radius 2 is 1.94 bits per heavy atom. The van der Waals surface area contributed by atoms with E-state index in [9.17, 15) is 13.5 Å². The summed E-state index contributed by atoms with van der Waals surface area (Å²) in [6.07, 6.45) is 6.26. The molecular formula is C24H27ClN2O3S2. The Morgan fingerprint density at radius 1 is 1.22 bits per heavy atom. The molecule has 2 aliphatic heterocycles. The van der Waals surface area contributed by atoms with E-state index >= 15 is 0 Å². The number of allylic oxidation sites excluding steroid dienone is 1. The van der Waals surface area contributed by atoms with E-state index in [0.717, 1.165) is 33.8 Å². The van der Waals surface area contributed by atoms with E-state index in [2.05, 4.69) is 17.6 Å². The van der Waals surface area contributed by atoms with Crippen LogP contribution in [-0.2, 0) is 9.84 Å². The first-order valence-corrected chi connectivity index (χ1v) is 13.5. The van der Waals surface area contributed by atoms with Gasteiger partial charge in [-0.1, -0.05) is 35.9 Å². The number of thioether (sulfide) groups is 1. The third kappa shape index (κ3) is 4.63.